The highest BCUT2D eigenvalue weighted by Crippen LogP contribution is 2.36. The number of amides is 3. The zero-order valence-corrected chi connectivity index (χ0v) is 13.1. The first kappa shape index (κ1) is 17.2. The average molecular weight is 325 g/mol. The lowest BCUT2D eigenvalue weighted by Gasteiger charge is -2.39. The molecule has 7 heteroatoms. The first-order valence-electron chi connectivity index (χ1n) is 7.69. The van der Waals surface area contributed by atoms with Gasteiger partial charge in [-0.3, -0.25) is 4.79 Å². The van der Waals surface area contributed by atoms with Crippen LogP contribution in [-0.2, 0) is 4.79 Å². The molecule has 0 saturated carbocycles. The SMILES string of the molecule is CCCC1(C(N)=O)CCN(C(=O)Nc2cc(F)ccc2F)CC1. The normalized spacial score (nSPS) is 16.9. The molecule has 126 valence electrons. The summed E-state index contributed by atoms with van der Waals surface area (Å²) in [5, 5.41) is 2.37. The Bertz CT molecular complexity index is 599. The summed E-state index contributed by atoms with van der Waals surface area (Å²) >= 11 is 0. The van der Waals surface area contributed by atoms with Crippen LogP contribution in [0.3, 0.4) is 0 Å². The number of likely N-dealkylation sites (tertiary alicyclic amines) is 1. The van der Waals surface area contributed by atoms with Crippen molar-refractivity contribution >= 4 is 17.6 Å². The maximum Gasteiger partial charge on any atom is 0.321 e. The third-order valence-corrected chi connectivity index (χ3v) is 4.43. The van der Waals surface area contributed by atoms with Crippen molar-refractivity contribution in [3.8, 4) is 0 Å². The summed E-state index contributed by atoms with van der Waals surface area (Å²) in [4.78, 5) is 25.4. The van der Waals surface area contributed by atoms with E-state index in [0.29, 0.717) is 32.4 Å². The Morgan fingerprint density at radius 3 is 2.52 bits per heavy atom. The molecule has 3 N–H and O–H groups in total. The molecule has 1 aliphatic heterocycles. The molecular weight excluding hydrogens is 304 g/mol. The van der Waals surface area contributed by atoms with Gasteiger partial charge < -0.3 is 16.0 Å². The van der Waals surface area contributed by atoms with Gasteiger partial charge in [0.2, 0.25) is 5.91 Å². The highest BCUT2D eigenvalue weighted by molar-refractivity contribution is 5.90. The average Bonchev–Trinajstić information content (AvgIpc) is 2.51. The molecule has 2 rings (SSSR count). The highest BCUT2D eigenvalue weighted by atomic mass is 19.1. The van der Waals surface area contributed by atoms with E-state index < -0.39 is 23.1 Å². The third kappa shape index (κ3) is 3.78. The van der Waals surface area contributed by atoms with Gasteiger partial charge in [0, 0.05) is 19.2 Å². The fraction of sp³-hybridized carbons (Fsp3) is 0.500. The monoisotopic (exact) mass is 325 g/mol. The van der Waals surface area contributed by atoms with Gasteiger partial charge in [-0.05, 0) is 31.4 Å². The molecule has 0 atom stereocenters. The van der Waals surface area contributed by atoms with Crippen molar-refractivity contribution in [2.75, 3.05) is 18.4 Å². The van der Waals surface area contributed by atoms with Gasteiger partial charge in [0.05, 0.1) is 11.1 Å². The minimum atomic E-state index is -0.700. The van der Waals surface area contributed by atoms with Crippen LogP contribution < -0.4 is 11.1 Å². The second kappa shape index (κ2) is 6.93. The van der Waals surface area contributed by atoms with Crippen molar-refractivity contribution < 1.29 is 18.4 Å². The van der Waals surface area contributed by atoms with E-state index in [4.69, 9.17) is 5.73 Å². The van der Waals surface area contributed by atoms with Crippen LogP contribution in [0.25, 0.3) is 0 Å². The van der Waals surface area contributed by atoms with Gasteiger partial charge in [0.1, 0.15) is 11.6 Å². The van der Waals surface area contributed by atoms with Crippen LogP contribution in [0.4, 0.5) is 19.3 Å². The molecule has 0 unspecified atom stereocenters. The smallest absolute Gasteiger partial charge is 0.321 e. The predicted molar refractivity (Wildman–Crippen MR) is 82.7 cm³/mol. The van der Waals surface area contributed by atoms with E-state index in [1.165, 1.54) is 4.90 Å². The Balaban J connectivity index is 2.00. The molecule has 1 saturated heterocycles. The molecular formula is C16H21F2N3O2. The van der Waals surface area contributed by atoms with E-state index in [1.807, 2.05) is 6.92 Å². The maximum absolute atomic E-state index is 13.6. The van der Waals surface area contributed by atoms with E-state index in [9.17, 15) is 18.4 Å². The second-order valence-corrected chi connectivity index (χ2v) is 5.94. The largest absolute Gasteiger partial charge is 0.369 e. The van der Waals surface area contributed by atoms with Crippen molar-refractivity contribution in [2.24, 2.45) is 11.1 Å². The van der Waals surface area contributed by atoms with Gasteiger partial charge in [0.15, 0.2) is 0 Å². The quantitative estimate of drug-likeness (QED) is 0.893. The standard InChI is InChI=1S/C16H21F2N3O2/c1-2-5-16(14(19)22)6-8-21(9-7-16)15(23)20-13-10-11(17)3-4-12(13)18/h3-4,10H,2,5-9H2,1H3,(H2,19,22)(H,20,23). The van der Waals surface area contributed by atoms with Crippen LogP contribution in [0, 0.1) is 17.0 Å². The number of carbonyl (C=O) groups is 2. The zero-order valence-electron chi connectivity index (χ0n) is 13.1. The molecule has 0 aliphatic carbocycles. The first-order chi connectivity index (χ1) is 10.9. The number of nitrogens with two attached hydrogens (primary N) is 1. The van der Waals surface area contributed by atoms with Gasteiger partial charge in [-0.25, -0.2) is 13.6 Å². The minimum absolute atomic E-state index is 0.199. The lowest BCUT2D eigenvalue weighted by molar-refractivity contribution is -0.130. The van der Waals surface area contributed by atoms with Crippen molar-refractivity contribution in [2.45, 2.75) is 32.6 Å². The number of benzene rings is 1. The summed E-state index contributed by atoms with van der Waals surface area (Å²) in [5.41, 5.74) is 4.75. The number of primary amides is 1. The number of nitrogens with one attached hydrogen (secondary N) is 1. The lowest BCUT2D eigenvalue weighted by atomic mass is 9.74. The molecule has 1 aromatic rings. The number of rotatable bonds is 4. The number of anilines is 1. The van der Waals surface area contributed by atoms with Crippen LogP contribution in [0.15, 0.2) is 18.2 Å². The summed E-state index contributed by atoms with van der Waals surface area (Å²) in [6.45, 7) is 2.69. The van der Waals surface area contributed by atoms with Gasteiger partial charge in [-0.15, -0.1) is 0 Å². The summed E-state index contributed by atoms with van der Waals surface area (Å²) in [6.07, 6.45) is 2.49. The second-order valence-electron chi connectivity index (χ2n) is 5.94. The van der Waals surface area contributed by atoms with Crippen LogP contribution in [0.1, 0.15) is 32.6 Å². The molecule has 23 heavy (non-hydrogen) atoms. The van der Waals surface area contributed by atoms with Crippen LogP contribution in [-0.4, -0.2) is 29.9 Å². The number of urea groups is 1. The summed E-state index contributed by atoms with van der Waals surface area (Å²) in [7, 11) is 0. The molecule has 1 heterocycles. The number of hydrogen-bond acceptors (Lipinski definition) is 2. The molecule has 0 bridgehead atoms. The molecule has 3 amide bonds. The highest BCUT2D eigenvalue weighted by Gasteiger charge is 2.40. The fourth-order valence-corrected chi connectivity index (χ4v) is 3.02. The van der Waals surface area contributed by atoms with Gasteiger partial charge in [0.25, 0.3) is 0 Å². The van der Waals surface area contributed by atoms with Crippen LogP contribution >= 0.6 is 0 Å². The van der Waals surface area contributed by atoms with Gasteiger partial charge in [-0.2, -0.15) is 0 Å². The molecule has 5 nitrogen and oxygen atoms in total. The van der Waals surface area contributed by atoms with E-state index in [2.05, 4.69) is 5.32 Å². The number of piperidine rings is 1. The number of nitrogens with zero attached hydrogens (tertiary/aromatic N) is 1. The molecule has 1 aromatic carbocycles. The van der Waals surface area contributed by atoms with E-state index in [-0.39, 0.29) is 11.6 Å². The molecule has 0 aromatic heterocycles. The van der Waals surface area contributed by atoms with Crippen molar-refractivity contribution in [1.82, 2.24) is 4.90 Å². The Kier molecular flexibility index (Phi) is 5.18. The van der Waals surface area contributed by atoms with Gasteiger partial charge >= 0.3 is 6.03 Å². The summed E-state index contributed by atoms with van der Waals surface area (Å²) in [5.74, 6) is -1.67. The Morgan fingerprint density at radius 1 is 1.30 bits per heavy atom. The Hall–Kier alpha value is -2.18. The Labute approximate surface area is 133 Å². The van der Waals surface area contributed by atoms with E-state index in [0.717, 1.165) is 24.6 Å². The summed E-state index contributed by atoms with van der Waals surface area (Å²) < 4.78 is 26.7. The van der Waals surface area contributed by atoms with Crippen LogP contribution in [0.2, 0.25) is 0 Å². The third-order valence-electron chi connectivity index (χ3n) is 4.43. The molecule has 1 fully saturated rings. The van der Waals surface area contributed by atoms with Crippen LogP contribution in [0.5, 0.6) is 0 Å². The number of carbonyl (C=O) groups excluding carboxylic acids is 2. The van der Waals surface area contributed by atoms with Crippen molar-refractivity contribution in [3.05, 3.63) is 29.8 Å². The molecule has 0 spiro atoms. The van der Waals surface area contributed by atoms with Crippen molar-refractivity contribution in [3.63, 3.8) is 0 Å². The Morgan fingerprint density at radius 2 is 1.96 bits per heavy atom. The number of hydrogen-bond donors (Lipinski definition) is 2. The maximum atomic E-state index is 13.6. The minimum Gasteiger partial charge on any atom is -0.369 e. The fourth-order valence-electron chi connectivity index (χ4n) is 3.02. The van der Waals surface area contributed by atoms with Crippen molar-refractivity contribution in [1.29, 1.82) is 0 Å². The number of halogens is 2. The first-order valence-corrected chi connectivity index (χ1v) is 7.69. The summed E-state index contributed by atoms with van der Waals surface area (Å²) in [6, 6.07) is 2.37. The molecule has 0 radical (unpaired) electrons. The lowest BCUT2D eigenvalue weighted by Crippen LogP contribution is -2.49. The zero-order chi connectivity index (χ0) is 17.0. The topological polar surface area (TPSA) is 75.4 Å². The van der Waals surface area contributed by atoms with E-state index >= 15 is 0 Å². The van der Waals surface area contributed by atoms with E-state index in [1.54, 1.807) is 0 Å². The van der Waals surface area contributed by atoms with Gasteiger partial charge in [-0.1, -0.05) is 13.3 Å². The molecule has 1 aliphatic rings. The predicted octanol–water partition coefficient (Wildman–Crippen LogP) is 2.86.